The Hall–Kier alpha value is 0.199. The van der Waals surface area contributed by atoms with E-state index in [2.05, 4.69) is 49.6 Å². The van der Waals surface area contributed by atoms with Gasteiger partial charge < -0.3 is 0 Å². The zero-order valence-corrected chi connectivity index (χ0v) is 19.7. The molecule has 0 aliphatic heterocycles. The maximum atomic E-state index is 2.47. The van der Waals surface area contributed by atoms with Crippen LogP contribution in [0.15, 0.2) is 40.4 Å². The van der Waals surface area contributed by atoms with Crippen molar-refractivity contribution in [3.8, 4) is 0 Å². The Kier molecular flexibility index (Phi) is 12.5. The molecular formula is C20H34S2Sn. The summed E-state index contributed by atoms with van der Waals surface area (Å²) in [6.07, 6.45) is 8.55. The second-order valence-electron chi connectivity index (χ2n) is 6.36. The van der Waals surface area contributed by atoms with Gasteiger partial charge in [-0.2, -0.15) is 11.3 Å². The Balaban J connectivity index is 0.000000446. The normalized spacial score (nSPS) is 11.1. The Bertz CT molecular complexity index is 409. The van der Waals surface area contributed by atoms with Crippen molar-refractivity contribution in [3.05, 3.63) is 40.4 Å². The molecule has 0 bridgehead atoms. The maximum Gasteiger partial charge on any atom is -0.00934 e. The van der Waals surface area contributed by atoms with E-state index in [1.807, 2.05) is 25.8 Å². The van der Waals surface area contributed by atoms with E-state index in [1.165, 1.54) is 38.5 Å². The fourth-order valence-electron chi connectivity index (χ4n) is 3.10. The topological polar surface area (TPSA) is 0 Å². The molecule has 2 aromatic rings. The summed E-state index contributed by atoms with van der Waals surface area (Å²) in [6, 6.07) is 8.80. The van der Waals surface area contributed by atoms with Gasteiger partial charge in [0.2, 0.25) is 0 Å². The molecule has 2 heterocycles. The molecule has 23 heavy (non-hydrogen) atoms. The molecule has 2 rings (SSSR count). The number of thiophene rings is 2. The van der Waals surface area contributed by atoms with Crippen molar-refractivity contribution >= 4 is 43.9 Å². The summed E-state index contributed by atoms with van der Waals surface area (Å²) < 4.78 is 6.67. The average Bonchev–Trinajstić information content (AvgIpc) is 3.30. The largest absolute Gasteiger partial charge is 0.152 e. The molecule has 0 atom stereocenters. The van der Waals surface area contributed by atoms with Gasteiger partial charge in [-0.1, -0.05) is 12.1 Å². The third-order valence-corrected chi connectivity index (χ3v) is 24.4. The van der Waals surface area contributed by atoms with Gasteiger partial charge in [0.25, 0.3) is 0 Å². The minimum atomic E-state index is -2.01. The first-order valence-electron chi connectivity index (χ1n) is 9.30. The molecule has 2 aromatic heterocycles. The van der Waals surface area contributed by atoms with Crippen LogP contribution >= 0.6 is 22.7 Å². The van der Waals surface area contributed by atoms with E-state index in [-0.39, 0.29) is 0 Å². The van der Waals surface area contributed by atoms with Crippen LogP contribution in [-0.4, -0.2) is 18.4 Å². The van der Waals surface area contributed by atoms with Crippen LogP contribution < -0.4 is 2.89 Å². The molecule has 0 radical (unpaired) electrons. The molecule has 0 saturated carbocycles. The standard InChI is InChI=1S/C4H4S.C4H3S.3C4H9.Sn/c2*1-2-4-5-3-1;3*1-3-4-2;/h1-4H;1-3H;3*1,3-4H2,2H3;. The van der Waals surface area contributed by atoms with Crippen molar-refractivity contribution in [3.63, 3.8) is 0 Å². The smallest absolute Gasteiger partial charge is 0.00934 e. The molecule has 0 N–H and O–H groups in total. The van der Waals surface area contributed by atoms with Gasteiger partial charge in [0.05, 0.1) is 0 Å². The third-order valence-electron chi connectivity index (χ3n) is 4.50. The molecule has 0 nitrogen and oxygen atoms in total. The first kappa shape index (κ1) is 21.2. The van der Waals surface area contributed by atoms with Crippen molar-refractivity contribution < 1.29 is 0 Å². The molecule has 0 aliphatic rings. The molecule has 0 unspecified atom stereocenters. The van der Waals surface area contributed by atoms with Gasteiger partial charge in [-0.25, -0.2) is 0 Å². The SMILES string of the molecule is CCC[CH2][Sn]([CH2]CCC)([CH2]CCC)[c]1cccs1.c1ccsc1. The van der Waals surface area contributed by atoms with Gasteiger partial charge >= 0.3 is 123 Å². The van der Waals surface area contributed by atoms with Gasteiger partial charge in [-0.3, -0.25) is 0 Å². The summed E-state index contributed by atoms with van der Waals surface area (Å²) in [6.45, 7) is 7.06. The summed E-state index contributed by atoms with van der Waals surface area (Å²) in [5.41, 5.74) is 0. The van der Waals surface area contributed by atoms with E-state index in [9.17, 15) is 0 Å². The van der Waals surface area contributed by atoms with Crippen molar-refractivity contribution in [2.45, 2.75) is 72.6 Å². The first-order chi connectivity index (χ1) is 11.3. The fourth-order valence-corrected chi connectivity index (χ4v) is 23.4. The quantitative estimate of drug-likeness (QED) is 0.323. The predicted molar refractivity (Wildman–Crippen MR) is 113 cm³/mol. The number of hydrogen-bond donors (Lipinski definition) is 0. The Morgan fingerprint density at radius 3 is 1.57 bits per heavy atom. The molecule has 0 amide bonds. The molecule has 0 saturated heterocycles. The maximum absolute atomic E-state index is 2.47. The van der Waals surface area contributed by atoms with E-state index in [0.717, 1.165) is 0 Å². The molecule has 130 valence electrons. The van der Waals surface area contributed by atoms with Crippen molar-refractivity contribution in [2.75, 3.05) is 0 Å². The molecule has 0 aromatic carbocycles. The van der Waals surface area contributed by atoms with Crippen LogP contribution in [-0.2, 0) is 0 Å². The molecule has 0 aliphatic carbocycles. The minimum Gasteiger partial charge on any atom is -0.152 e. The Morgan fingerprint density at radius 2 is 1.26 bits per heavy atom. The van der Waals surface area contributed by atoms with Crippen LogP contribution in [0.25, 0.3) is 0 Å². The summed E-state index contributed by atoms with van der Waals surface area (Å²) >= 11 is 1.77. The molecule has 3 heteroatoms. The number of rotatable bonds is 10. The number of unbranched alkanes of at least 4 members (excludes halogenated alkanes) is 3. The monoisotopic (exact) mass is 458 g/mol. The van der Waals surface area contributed by atoms with E-state index in [1.54, 1.807) is 24.6 Å². The van der Waals surface area contributed by atoms with Crippen molar-refractivity contribution in [1.29, 1.82) is 0 Å². The van der Waals surface area contributed by atoms with Gasteiger partial charge in [-0.05, 0) is 10.8 Å². The summed E-state index contributed by atoms with van der Waals surface area (Å²) in [5, 5.41) is 6.39. The predicted octanol–water partition coefficient (Wildman–Crippen LogP) is 7.55. The molecule has 0 fully saturated rings. The zero-order chi connectivity index (χ0) is 16.8. The van der Waals surface area contributed by atoms with E-state index >= 15 is 0 Å². The summed E-state index contributed by atoms with van der Waals surface area (Å²) in [5.74, 6) is 0. The Morgan fingerprint density at radius 1 is 0.739 bits per heavy atom. The van der Waals surface area contributed by atoms with Gasteiger partial charge in [-0.15, -0.1) is 0 Å². The summed E-state index contributed by atoms with van der Waals surface area (Å²) in [4.78, 5) is 0. The van der Waals surface area contributed by atoms with Crippen LogP contribution in [0.4, 0.5) is 0 Å². The second kappa shape index (κ2) is 13.5. The van der Waals surface area contributed by atoms with Crippen LogP contribution in [0.1, 0.15) is 59.3 Å². The van der Waals surface area contributed by atoms with Crippen LogP contribution in [0, 0.1) is 0 Å². The molecular weight excluding hydrogens is 423 g/mol. The van der Waals surface area contributed by atoms with E-state index in [4.69, 9.17) is 0 Å². The van der Waals surface area contributed by atoms with Gasteiger partial charge in [0.15, 0.2) is 0 Å². The third kappa shape index (κ3) is 8.22. The van der Waals surface area contributed by atoms with Gasteiger partial charge in [0.1, 0.15) is 0 Å². The molecule has 0 spiro atoms. The Labute approximate surface area is 156 Å². The van der Waals surface area contributed by atoms with E-state index < -0.39 is 18.4 Å². The van der Waals surface area contributed by atoms with Crippen molar-refractivity contribution in [2.24, 2.45) is 0 Å². The second-order valence-corrected chi connectivity index (χ2v) is 22.3. The van der Waals surface area contributed by atoms with Crippen LogP contribution in [0.5, 0.6) is 0 Å². The first-order valence-corrected chi connectivity index (χ1v) is 18.6. The van der Waals surface area contributed by atoms with Crippen molar-refractivity contribution in [1.82, 2.24) is 0 Å². The average molecular weight is 457 g/mol. The minimum absolute atomic E-state index is 1.38. The van der Waals surface area contributed by atoms with Crippen LogP contribution in [0.2, 0.25) is 13.3 Å². The summed E-state index contributed by atoms with van der Waals surface area (Å²) in [7, 11) is 0. The van der Waals surface area contributed by atoms with Crippen LogP contribution in [0.3, 0.4) is 0 Å². The van der Waals surface area contributed by atoms with E-state index in [0.29, 0.717) is 0 Å². The number of hydrogen-bond acceptors (Lipinski definition) is 2. The van der Waals surface area contributed by atoms with Gasteiger partial charge in [0, 0.05) is 0 Å². The fraction of sp³-hybridized carbons (Fsp3) is 0.600. The zero-order valence-electron chi connectivity index (χ0n) is 15.2.